The lowest BCUT2D eigenvalue weighted by Gasteiger charge is -2.11. The molecule has 0 spiro atoms. The van der Waals surface area contributed by atoms with Gasteiger partial charge in [-0.25, -0.2) is 4.98 Å². The highest BCUT2D eigenvalue weighted by Crippen LogP contribution is 2.31. The van der Waals surface area contributed by atoms with Crippen LogP contribution < -0.4 is 14.8 Å². The van der Waals surface area contributed by atoms with Gasteiger partial charge in [-0.05, 0) is 36.8 Å². The van der Waals surface area contributed by atoms with Gasteiger partial charge in [-0.3, -0.25) is 4.79 Å². The second kappa shape index (κ2) is 7.74. The zero-order valence-electron chi connectivity index (χ0n) is 14.9. The Morgan fingerprint density at radius 1 is 1.19 bits per heavy atom. The summed E-state index contributed by atoms with van der Waals surface area (Å²) in [6.45, 7) is 3.55. The van der Waals surface area contributed by atoms with E-state index in [0.717, 1.165) is 11.1 Å². The van der Waals surface area contributed by atoms with Crippen LogP contribution in [0, 0.1) is 6.92 Å². The first kappa shape index (κ1) is 17.5. The third kappa shape index (κ3) is 4.03. The number of hydrogen-bond donors (Lipinski definition) is 1. The number of methoxy groups -OCH3 is 1. The molecule has 2 aromatic carbocycles. The van der Waals surface area contributed by atoms with Crippen LogP contribution in [0.15, 0.2) is 53.1 Å². The third-order valence-electron chi connectivity index (χ3n) is 3.72. The average Bonchev–Trinajstić information content (AvgIpc) is 3.10. The normalized spacial score (nSPS) is 10.4. The van der Waals surface area contributed by atoms with Crippen LogP contribution in [-0.2, 0) is 11.4 Å². The van der Waals surface area contributed by atoms with E-state index in [1.165, 1.54) is 6.92 Å². The number of nitrogens with one attached hydrogen (secondary N) is 1. The minimum absolute atomic E-state index is 0.144. The Balaban J connectivity index is 1.77. The summed E-state index contributed by atoms with van der Waals surface area (Å²) in [5.41, 5.74) is 2.46. The van der Waals surface area contributed by atoms with Gasteiger partial charge >= 0.3 is 0 Å². The predicted octanol–water partition coefficient (Wildman–Crippen LogP) is 4.20. The Labute approximate surface area is 151 Å². The Kier molecular flexibility index (Phi) is 5.22. The summed E-state index contributed by atoms with van der Waals surface area (Å²) in [5.74, 6) is 2.15. The molecule has 3 aromatic rings. The molecule has 0 unspecified atom stereocenters. The van der Waals surface area contributed by atoms with E-state index >= 15 is 0 Å². The molecule has 0 saturated heterocycles. The molecule has 0 bridgehead atoms. The molecular formula is C20H20N2O4. The van der Waals surface area contributed by atoms with E-state index in [1.807, 2.05) is 49.4 Å². The van der Waals surface area contributed by atoms with Crippen LogP contribution in [-0.4, -0.2) is 18.0 Å². The largest absolute Gasteiger partial charge is 0.496 e. The lowest BCUT2D eigenvalue weighted by Crippen LogP contribution is -2.08. The van der Waals surface area contributed by atoms with Crippen molar-refractivity contribution in [2.24, 2.45) is 0 Å². The van der Waals surface area contributed by atoms with Crippen molar-refractivity contribution < 1.29 is 18.7 Å². The van der Waals surface area contributed by atoms with Gasteiger partial charge in [0.1, 0.15) is 11.5 Å². The fraction of sp³-hybridized carbons (Fsp3) is 0.200. The van der Waals surface area contributed by atoms with E-state index < -0.39 is 0 Å². The molecule has 1 aromatic heterocycles. The van der Waals surface area contributed by atoms with Crippen LogP contribution in [0.5, 0.6) is 11.5 Å². The van der Waals surface area contributed by atoms with Gasteiger partial charge in [-0.15, -0.1) is 0 Å². The zero-order chi connectivity index (χ0) is 18.5. The third-order valence-corrected chi connectivity index (χ3v) is 3.72. The maximum Gasteiger partial charge on any atom is 0.232 e. The Hall–Kier alpha value is -3.28. The van der Waals surface area contributed by atoms with Gasteiger partial charge in [0.15, 0.2) is 12.4 Å². The molecule has 6 nitrogen and oxygen atoms in total. The van der Waals surface area contributed by atoms with Crippen molar-refractivity contribution in [3.63, 3.8) is 0 Å². The fourth-order valence-electron chi connectivity index (χ4n) is 2.53. The number of amides is 1. The first-order valence-electron chi connectivity index (χ1n) is 8.16. The number of aromatic nitrogens is 1. The SMILES string of the molecule is COc1ccccc1-c1cnc(COc2cc(C)ccc2NC(C)=O)o1. The Morgan fingerprint density at radius 3 is 2.77 bits per heavy atom. The molecule has 0 radical (unpaired) electrons. The molecule has 6 heteroatoms. The van der Waals surface area contributed by atoms with Gasteiger partial charge < -0.3 is 19.2 Å². The van der Waals surface area contributed by atoms with Crippen molar-refractivity contribution in [2.45, 2.75) is 20.5 Å². The van der Waals surface area contributed by atoms with Crippen molar-refractivity contribution in [3.05, 3.63) is 60.1 Å². The molecule has 1 heterocycles. The quantitative estimate of drug-likeness (QED) is 0.720. The van der Waals surface area contributed by atoms with Crippen LogP contribution >= 0.6 is 0 Å². The molecule has 0 saturated carbocycles. The van der Waals surface area contributed by atoms with Gasteiger partial charge in [0, 0.05) is 6.92 Å². The molecule has 3 rings (SSSR count). The molecule has 0 aliphatic heterocycles. The smallest absolute Gasteiger partial charge is 0.232 e. The highest BCUT2D eigenvalue weighted by molar-refractivity contribution is 5.90. The lowest BCUT2D eigenvalue weighted by molar-refractivity contribution is -0.114. The monoisotopic (exact) mass is 352 g/mol. The maximum absolute atomic E-state index is 11.3. The van der Waals surface area contributed by atoms with Crippen molar-refractivity contribution in [1.82, 2.24) is 4.98 Å². The number of anilines is 1. The molecule has 1 amide bonds. The second-order valence-electron chi connectivity index (χ2n) is 5.79. The van der Waals surface area contributed by atoms with E-state index in [9.17, 15) is 4.79 Å². The number of benzene rings is 2. The zero-order valence-corrected chi connectivity index (χ0v) is 14.9. The Morgan fingerprint density at radius 2 is 2.00 bits per heavy atom. The highest BCUT2D eigenvalue weighted by atomic mass is 16.5. The van der Waals surface area contributed by atoms with Crippen molar-refractivity contribution in [1.29, 1.82) is 0 Å². The molecule has 1 N–H and O–H groups in total. The summed E-state index contributed by atoms with van der Waals surface area (Å²) in [6, 6.07) is 13.1. The van der Waals surface area contributed by atoms with E-state index in [0.29, 0.717) is 28.8 Å². The van der Waals surface area contributed by atoms with Gasteiger partial charge in [0.05, 0.1) is 24.6 Å². The number of ether oxygens (including phenoxy) is 2. The molecule has 26 heavy (non-hydrogen) atoms. The molecule has 0 atom stereocenters. The predicted molar refractivity (Wildman–Crippen MR) is 98.3 cm³/mol. The summed E-state index contributed by atoms with van der Waals surface area (Å²) in [4.78, 5) is 15.6. The summed E-state index contributed by atoms with van der Waals surface area (Å²) in [6.07, 6.45) is 1.64. The van der Waals surface area contributed by atoms with Crippen LogP contribution in [0.25, 0.3) is 11.3 Å². The fourth-order valence-corrected chi connectivity index (χ4v) is 2.53. The minimum atomic E-state index is -0.159. The van der Waals surface area contributed by atoms with Crippen molar-refractivity contribution in [3.8, 4) is 22.8 Å². The number of para-hydroxylation sites is 1. The van der Waals surface area contributed by atoms with Gasteiger partial charge in [-0.1, -0.05) is 18.2 Å². The molecule has 134 valence electrons. The topological polar surface area (TPSA) is 73.6 Å². The maximum atomic E-state index is 11.3. The molecule has 0 aliphatic carbocycles. The minimum Gasteiger partial charge on any atom is -0.496 e. The standard InChI is InChI=1S/C20H20N2O4/c1-13-8-9-16(22-14(2)23)18(10-13)25-12-20-21-11-19(26-20)15-6-4-5-7-17(15)24-3/h4-11H,12H2,1-3H3,(H,22,23). The number of aryl methyl sites for hydroxylation is 1. The molecule has 0 fully saturated rings. The van der Waals surface area contributed by atoms with Gasteiger partial charge in [0.2, 0.25) is 11.8 Å². The number of carbonyl (C=O) groups excluding carboxylic acids is 1. The lowest BCUT2D eigenvalue weighted by atomic mass is 10.1. The van der Waals surface area contributed by atoms with E-state index in [2.05, 4.69) is 10.3 Å². The van der Waals surface area contributed by atoms with E-state index in [-0.39, 0.29) is 12.5 Å². The van der Waals surface area contributed by atoms with E-state index in [1.54, 1.807) is 13.3 Å². The van der Waals surface area contributed by atoms with Crippen LogP contribution in [0.3, 0.4) is 0 Å². The number of carbonyl (C=O) groups is 1. The number of nitrogens with zero attached hydrogens (tertiary/aromatic N) is 1. The van der Waals surface area contributed by atoms with E-state index in [4.69, 9.17) is 13.9 Å². The van der Waals surface area contributed by atoms with Crippen LogP contribution in [0.4, 0.5) is 5.69 Å². The van der Waals surface area contributed by atoms with Crippen LogP contribution in [0.2, 0.25) is 0 Å². The summed E-state index contributed by atoms with van der Waals surface area (Å²) >= 11 is 0. The average molecular weight is 352 g/mol. The summed E-state index contributed by atoms with van der Waals surface area (Å²) in [5, 5.41) is 2.75. The first-order valence-corrected chi connectivity index (χ1v) is 8.16. The molecular weight excluding hydrogens is 332 g/mol. The first-order chi connectivity index (χ1) is 12.6. The number of rotatable bonds is 6. The highest BCUT2D eigenvalue weighted by Gasteiger charge is 2.12. The number of oxazole rings is 1. The van der Waals surface area contributed by atoms with Crippen molar-refractivity contribution in [2.75, 3.05) is 12.4 Å². The summed E-state index contributed by atoms with van der Waals surface area (Å²) in [7, 11) is 1.61. The number of hydrogen-bond acceptors (Lipinski definition) is 5. The van der Waals surface area contributed by atoms with Gasteiger partial charge in [0.25, 0.3) is 0 Å². The van der Waals surface area contributed by atoms with Gasteiger partial charge in [-0.2, -0.15) is 0 Å². The van der Waals surface area contributed by atoms with Crippen molar-refractivity contribution >= 4 is 11.6 Å². The van der Waals surface area contributed by atoms with Crippen LogP contribution in [0.1, 0.15) is 18.4 Å². The Bertz CT molecular complexity index is 918. The molecule has 0 aliphatic rings. The summed E-state index contributed by atoms with van der Waals surface area (Å²) < 4.78 is 16.9. The second-order valence-corrected chi connectivity index (χ2v) is 5.79.